The number of nitrogens with one attached hydrogen (secondary N) is 1. The van der Waals surface area contributed by atoms with Gasteiger partial charge in [-0.05, 0) is 43.7 Å². The van der Waals surface area contributed by atoms with E-state index >= 15 is 0 Å². The molecule has 0 aliphatic carbocycles. The Morgan fingerprint density at radius 2 is 1.79 bits per heavy atom. The number of carbonyl (C=O) groups is 1. The van der Waals surface area contributed by atoms with Crippen molar-refractivity contribution in [1.29, 1.82) is 0 Å². The summed E-state index contributed by atoms with van der Waals surface area (Å²) in [6, 6.07) is 17.1. The van der Waals surface area contributed by atoms with Gasteiger partial charge < -0.3 is 5.32 Å². The van der Waals surface area contributed by atoms with Crippen molar-refractivity contribution >= 4 is 17.5 Å². The molecule has 1 aromatic heterocycles. The van der Waals surface area contributed by atoms with Gasteiger partial charge >= 0.3 is 0 Å². The number of aromatic nitrogens is 2. The van der Waals surface area contributed by atoms with Gasteiger partial charge in [-0.1, -0.05) is 41.9 Å². The van der Waals surface area contributed by atoms with Crippen molar-refractivity contribution in [3.8, 4) is 5.69 Å². The second kappa shape index (κ2) is 6.89. The van der Waals surface area contributed by atoms with Crippen molar-refractivity contribution in [3.05, 3.63) is 82.6 Å². The number of amides is 1. The lowest BCUT2D eigenvalue weighted by molar-refractivity contribution is 0.0939. The van der Waals surface area contributed by atoms with E-state index in [2.05, 4.69) is 10.4 Å². The first-order valence-corrected chi connectivity index (χ1v) is 8.10. The number of hydrogen-bond donors (Lipinski definition) is 1. The minimum absolute atomic E-state index is 0.116. The van der Waals surface area contributed by atoms with Gasteiger partial charge in [0.15, 0.2) is 0 Å². The lowest BCUT2D eigenvalue weighted by Gasteiger charge is -2.14. The van der Waals surface area contributed by atoms with Crippen LogP contribution >= 0.6 is 11.6 Å². The molecule has 1 heterocycles. The van der Waals surface area contributed by atoms with E-state index in [-0.39, 0.29) is 11.9 Å². The standard InChI is InChI=1S/C19H18ClN3O/c1-13(15-8-10-16(20)11-9-15)22-19(24)18-12-21-23(14(18)2)17-6-4-3-5-7-17/h3-13H,1-2H3,(H,22,24). The van der Waals surface area contributed by atoms with E-state index in [0.717, 1.165) is 16.9 Å². The number of benzene rings is 2. The van der Waals surface area contributed by atoms with Gasteiger partial charge in [-0.2, -0.15) is 5.10 Å². The molecule has 1 unspecified atom stereocenters. The molecule has 5 heteroatoms. The first-order valence-electron chi connectivity index (χ1n) is 7.72. The van der Waals surface area contributed by atoms with Crippen LogP contribution in [0.2, 0.25) is 5.02 Å². The number of nitrogens with zero attached hydrogens (tertiary/aromatic N) is 2. The van der Waals surface area contributed by atoms with E-state index in [4.69, 9.17) is 11.6 Å². The minimum atomic E-state index is -0.142. The van der Waals surface area contributed by atoms with Crippen LogP contribution in [-0.4, -0.2) is 15.7 Å². The molecule has 0 fully saturated rings. The van der Waals surface area contributed by atoms with Crippen LogP contribution in [0.4, 0.5) is 0 Å². The van der Waals surface area contributed by atoms with Crippen LogP contribution in [0.1, 0.15) is 34.6 Å². The highest BCUT2D eigenvalue weighted by molar-refractivity contribution is 6.30. The van der Waals surface area contributed by atoms with Crippen molar-refractivity contribution in [3.63, 3.8) is 0 Å². The monoisotopic (exact) mass is 339 g/mol. The molecule has 0 radical (unpaired) electrons. The van der Waals surface area contributed by atoms with Gasteiger partial charge in [-0.3, -0.25) is 4.79 Å². The maximum atomic E-state index is 12.6. The summed E-state index contributed by atoms with van der Waals surface area (Å²) in [4.78, 5) is 12.6. The van der Waals surface area contributed by atoms with Crippen LogP contribution in [0.3, 0.4) is 0 Å². The molecule has 4 nitrogen and oxygen atoms in total. The Balaban J connectivity index is 1.78. The maximum absolute atomic E-state index is 12.6. The van der Waals surface area contributed by atoms with Gasteiger partial charge in [0.1, 0.15) is 0 Å². The lowest BCUT2D eigenvalue weighted by atomic mass is 10.1. The van der Waals surface area contributed by atoms with Crippen molar-refractivity contribution in [2.75, 3.05) is 0 Å². The summed E-state index contributed by atoms with van der Waals surface area (Å²) in [6.07, 6.45) is 1.60. The molecule has 24 heavy (non-hydrogen) atoms. The van der Waals surface area contributed by atoms with Crippen molar-refractivity contribution < 1.29 is 4.79 Å². The van der Waals surface area contributed by atoms with E-state index in [1.54, 1.807) is 10.9 Å². The van der Waals surface area contributed by atoms with Gasteiger partial charge in [0.25, 0.3) is 5.91 Å². The zero-order valence-corrected chi connectivity index (χ0v) is 14.3. The number of carbonyl (C=O) groups excluding carboxylic acids is 1. The Hall–Kier alpha value is -2.59. The fourth-order valence-electron chi connectivity index (χ4n) is 2.57. The fraction of sp³-hybridized carbons (Fsp3) is 0.158. The van der Waals surface area contributed by atoms with E-state index in [9.17, 15) is 4.79 Å². The number of rotatable bonds is 4. The first-order chi connectivity index (χ1) is 11.6. The second-order valence-corrected chi connectivity index (χ2v) is 6.07. The molecule has 0 aliphatic heterocycles. The topological polar surface area (TPSA) is 46.9 Å². The summed E-state index contributed by atoms with van der Waals surface area (Å²) < 4.78 is 1.77. The van der Waals surface area contributed by atoms with Crippen LogP contribution < -0.4 is 5.32 Å². The van der Waals surface area contributed by atoms with Crippen molar-refractivity contribution in [2.45, 2.75) is 19.9 Å². The summed E-state index contributed by atoms with van der Waals surface area (Å²) >= 11 is 5.90. The number of halogens is 1. The average Bonchev–Trinajstić information content (AvgIpc) is 2.98. The van der Waals surface area contributed by atoms with Crippen LogP contribution in [0.15, 0.2) is 60.8 Å². The van der Waals surface area contributed by atoms with Crippen molar-refractivity contribution in [1.82, 2.24) is 15.1 Å². The van der Waals surface area contributed by atoms with Gasteiger partial charge in [0.2, 0.25) is 0 Å². The maximum Gasteiger partial charge on any atom is 0.255 e. The fourth-order valence-corrected chi connectivity index (χ4v) is 2.70. The highest BCUT2D eigenvalue weighted by atomic mass is 35.5. The summed E-state index contributed by atoms with van der Waals surface area (Å²) in [5.41, 5.74) is 3.31. The molecule has 3 rings (SSSR count). The molecular formula is C19H18ClN3O. The third kappa shape index (κ3) is 3.34. The molecule has 1 atom stereocenters. The molecule has 122 valence electrons. The Labute approximate surface area is 146 Å². The average molecular weight is 340 g/mol. The first kappa shape index (κ1) is 16.3. The lowest BCUT2D eigenvalue weighted by Crippen LogP contribution is -2.27. The Kier molecular flexibility index (Phi) is 4.67. The summed E-state index contributed by atoms with van der Waals surface area (Å²) in [6.45, 7) is 3.83. The van der Waals surface area contributed by atoms with Crippen LogP contribution in [0.5, 0.6) is 0 Å². The van der Waals surface area contributed by atoms with Gasteiger partial charge in [0.05, 0.1) is 29.2 Å². The van der Waals surface area contributed by atoms with Gasteiger partial charge in [-0.25, -0.2) is 4.68 Å². The van der Waals surface area contributed by atoms with Crippen LogP contribution in [0.25, 0.3) is 5.69 Å². The second-order valence-electron chi connectivity index (χ2n) is 5.64. The molecule has 1 amide bonds. The smallest absolute Gasteiger partial charge is 0.255 e. The van der Waals surface area contributed by atoms with E-state index in [1.807, 2.05) is 68.4 Å². The zero-order valence-electron chi connectivity index (χ0n) is 13.5. The SMILES string of the molecule is Cc1c(C(=O)NC(C)c2ccc(Cl)cc2)cnn1-c1ccccc1. The van der Waals surface area contributed by atoms with Gasteiger partial charge in [-0.15, -0.1) is 0 Å². The van der Waals surface area contributed by atoms with Crippen LogP contribution in [0, 0.1) is 6.92 Å². The molecule has 0 aliphatic rings. The molecule has 0 saturated heterocycles. The molecule has 1 N–H and O–H groups in total. The molecule has 2 aromatic carbocycles. The molecule has 0 spiro atoms. The number of hydrogen-bond acceptors (Lipinski definition) is 2. The van der Waals surface area contributed by atoms with Crippen molar-refractivity contribution in [2.24, 2.45) is 0 Å². The van der Waals surface area contributed by atoms with E-state index in [0.29, 0.717) is 10.6 Å². The van der Waals surface area contributed by atoms with E-state index < -0.39 is 0 Å². The summed E-state index contributed by atoms with van der Waals surface area (Å²) in [7, 11) is 0. The largest absolute Gasteiger partial charge is 0.345 e. The predicted molar refractivity (Wildman–Crippen MR) is 95.6 cm³/mol. The van der Waals surface area contributed by atoms with Crippen LogP contribution in [-0.2, 0) is 0 Å². The Morgan fingerprint density at radius 3 is 2.46 bits per heavy atom. The highest BCUT2D eigenvalue weighted by Gasteiger charge is 2.17. The summed E-state index contributed by atoms with van der Waals surface area (Å²) in [5, 5.41) is 8.02. The molecule has 0 bridgehead atoms. The number of para-hydroxylation sites is 1. The predicted octanol–water partition coefficient (Wildman–Crippen LogP) is 4.33. The highest BCUT2D eigenvalue weighted by Crippen LogP contribution is 2.18. The normalized spacial score (nSPS) is 12.0. The molecule has 3 aromatic rings. The van der Waals surface area contributed by atoms with E-state index in [1.165, 1.54) is 0 Å². The zero-order chi connectivity index (χ0) is 17.1. The third-order valence-corrected chi connectivity index (χ3v) is 4.22. The minimum Gasteiger partial charge on any atom is -0.345 e. The Morgan fingerprint density at radius 1 is 1.12 bits per heavy atom. The Bertz CT molecular complexity index is 841. The quantitative estimate of drug-likeness (QED) is 0.769. The summed E-state index contributed by atoms with van der Waals surface area (Å²) in [5.74, 6) is -0.142. The third-order valence-electron chi connectivity index (χ3n) is 3.97. The molecule has 0 saturated carbocycles. The van der Waals surface area contributed by atoms with Gasteiger partial charge in [0, 0.05) is 5.02 Å². The molecular weight excluding hydrogens is 322 g/mol.